The van der Waals surface area contributed by atoms with Crippen LogP contribution in [-0.2, 0) is 19.1 Å². The topological polar surface area (TPSA) is 90.7 Å². The number of aromatic nitrogens is 2. The van der Waals surface area contributed by atoms with Crippen molar-refractivity contribution in [2.45, 2.75) is 46.3 Å². The van der Waals surface area contributed by atoms with E-state index >= 15 is 0 Å². The third-order valence-corrected chi connectivity index (χ3v) is 6.66. The molecular weight excluding hydrogens is 386 g/mol. The molecule has 1 aromatic rings. The highest BCUT2D eigenvalue weighted by molar-refractivity contribution is 6.00. The number of hydrogen-bond acceptors (Lipinski definition) is 6. The molecule has 158 valence electrons. The van der Waals surface area contributed by atoms with Crippen molar-refractivity contribution in [2.75, 3.05) is 7.05 Å². The van der Waals surface area contributed by atoms with Crippen LogP contribution in [0.25, 0.3) is 0 Å². The zero-order valence-electron chi connectivity index (χ0n) is 17.7. The highest BCUT2D eigenvalue weighted by Crippen LogP contribution is 2.54. The van der Waals surface area contributed by atoms with E-state index in [2.05, 4.69) is 11.9 Å². The second-order valence-electron chi connectivity index (χ2n) is 8.39. The number of carbonyl (C=O) groups excluding carboxylic acids is 3. The van der Waals surface area contributed by atoms with Crippen molar-refractivity contribution in [2.24, 2.45) is 11.3 Å². The second kappa shape index (κ2) is 6.97. The smallest absolute Gasteiger partial charge is 0.419 e. The van der Waals surface area contributed by atoms with Crippen molar-refractivity contribution in [3.8, 4) is 0 Å². The number of carbonyl (C=O) groups is 3. The minimum Gasteiger partial charge on any atom is -0.454 e. The van der Waals surface area contributed by atoms with Crippen LogP contribution in [0.4, 0.5) is 4.79 Å². The van der Waals surface area contributed by atoms with E-state index in [1.165, 1.54) is 30.2 Å². The van der Waals surface area contributed by atoms with Gasteiger partial charge in [-0.1, -0.05) is 13.8 Å². The van der Waals surface area contributed by atoms with E-state index in [1.54, 1.807) is 11.9 Å². The van der Waals surface area contributed by atoms with Crippen LogP contribution in [0, 0.1) is 11.3 Å². The van der Waals surface area contributed by atoms with Gasteiger partial charge < -0.3 is 14.4 Å². The van der Waals surface area contributed by atoms with Crippen molar-refractivity contribution < 1.29 is 23.9 Å². The van der Waals surface area contributed by atoms with Gasteiger partial charge in [0.05, 0.1) is 0 Å². The normalized spacial score (nSPS) is 30.4. The molecule has 1 aliphatic heterocycles. The Kier molecular flexibility index (Phi) is 4.67. The summed E-state index contributed by atoms with van der Waals surface area (Å²) in [6.45, 7) is 7.27. The average molecular weight is 411 g/mol. The number of rotatable bonds is 2. The lowest BCUT2D eigenvalue weighted by Gasteiger charge is -2.48. The minimum absolute atomic E-state index is 0.00799. The van der Waals surface area contributed by atoms with Crippen LogP contribution < -0.4 is 0 Å². The highest BCUT2D eigenvalue weighted by Gasteiger charge is 2.52. The molecule has 2 aliphatic carbocycles. The Balaban J connectivity index is 1.76. The first-order valence-corrected chi connectivity index (χ1v) is 9.92. The van der Waals surface area contributed by atoms with E-state index in [4.69, 9.17) is 9.47 Å². The predicted octanol–water partition coefficient (Wildman–Crippen LogP) is 2.83. The van der Waals surface area contributed by atoms with Gasteiger partial charge in [0.25, 0.3) is 5.91 Å². The summed E-state index contributed by atoms with van der Waals surface area (Å²) in [7, 11) is 1.76. The summed E-state index contributed by atoms with van der Waals surface area (Å²) in [4.78, 5) is 42.4. The van der Waals surface area contributed by atoms with Gasteiger partial charge in [0.2, 0.25) is 0 Å². The fourth-order valence-electron chi connectivity index (χ4n) is 4.66. The van der Waals surface area contributed by atoms with Crippen molar-refractivity contribution in [1.82, 2.24) is 14.5 Å². The van der Waals surface area contributed by atoms with Crippen molar-refractivity contribution >= 4 is 18.0 Å². The molecule has 0 saturated carbocycles. The third-order valence-electron chi connectivity index (χ3n) is 6.66. The molecule has 0 radical (unpaired) electrons. The highest BCUT2D eigenvalue weighted by atomic mass is 16.6. The molecule has 0 N–H and O–H groups in total. The Morgan fingerprint density at radius 2 is 2.03 bits per heavy atom. The van der Waals surface area contributed by atoms with Gasteiger partial charge in [-0.05, 0) is 36.6 Å². The number of nitrogens with zero attached hydrogens (tertiary/aromatic N) is 3. The average Bonchev–Trinajstić information content (AvgIpc) is 3.29. The van der Waals surface area contributed by atoms with E-state index in [9.17, 15) is 14.4 Å². The first kappa shape index (κ1) is 20.1. The van der Waals surface area contributed by atoms with Crippen LogP contribution in [0.3, 0.4) is 0 Å². The fourth-order valence-corrected chi connectivity index (χ4v) is 4.66. The minimum atomic E-state index is -0.723. The summed E-state index contributed by atoms with van der Waals surface area (Å²) in [5.41, 5.74) is 3.22. The second-order valence-corrected chi connectivity index (χ2v) is 8.39. The number of hydrogen-bond donors (Lipinski definition) is 0. The standard InChI is InChI=1S/C22H25N3O5/c1-12-16-10-22(4)13(2)19(30-21(28)25-7-6-23-11-25)18(29-14(3)26)9-15(22)8-17(16)24(5)20(12)27/h6-9,11,13,18-19H,10H2,1-5H3/t13-,18+,19+,22+/m0/s1. The number of esters is 1. The van der Waals surface area contributed by atoms with Crippen LogP contribution in [0.5, 0.6) is 0 Å². The third kappa shape index (κ3) is 2.98. The number of likely N-dealkylation sites (N-methyl/N-ethyl adjacent to an activating group) is 1. The van der Waals surface area contributed by atoms with E-state index in [1.807, 2.05) is 26.0 Å². The maximum absolute atomic E-state index is 12.6. The van der Waals surface area contributed by atoms with Gasteiger partial charge in [-0.3, -0.25) is 9.59 Å². The monoisotopic (exact) mass is 411 g/mol. The number of ether oxygens (including phenoxy) is 2. The van der Waals surface area contributed by atoms with Crippen LogP contribution in [-0.4, -0.2) is 51.7 Å². The molecule has 1 aromatic heterocycles. The van der Waals surface area contributed by atoms with Crippen LogP contribution in [0.15, 0.2) is 53.3 Å². The number of fused-ring (bicyclic) bond motifs is 2. The Hall–Kier alpha value is -3.16. The lowest BCUT2D eigenvalue weighted by Crippen LogP contribution is -2.50. The molecule has 4 atom stereocenters. The Morgan fingerprint density at radius 3 is 2.67 bits per heavy atom. The molecule has 8 heteroatoms. The summed E-state index contributed by atoms with van der Waals surface area (Å²) in [5.74, 6) is -0.635. The molecule has 3 aliphatic rings. The van der Waals surface area contributed by atoms with Crippen molar-refractivity contribution in [1.29, 1.82) is 0 Å². The lowest BCUT2D eigenvalue weighted by molar-refractivity contribution is -0.153. The van der Waals surface area contributed by atoms with E-state index in [0.29, 0.717) is 6.42 Å². The maximum Gasteiger partial charge on any atom is 0.419 e. The van der Waals surface area contributed by atoms with Crippen LogP contribution >= 0.6 is 0 Å². The lowest BCUT2D eigenvalue weighted by atomic mass is 9.59. The fraction of sp³-hybridized carbons (Fsp3) is 0.455. The number of imidazole rings is 1. The quantitative estimate of drug-likeness (QED) is 0.695. The van der Waals surface area contributed by atoms with E-state index < -0.39 is 24.3 Å². The number of amides is 1. The predicted molar refractivity (Wildman–Crippen MR) is 107 cm³/mol. The Labute approximate surface area is 174 Å². The molecule has 30 heavy (non-hydrogen) atoms. The molecule has 0 spiro atoms. The van der Waals surface area contributed by atoms with Gasteiger partial charge in [-0.15, -0.1) is 0 Å². The molecule has 4 rings (SSSR count). The molecule has 0 saturated heterocycles. The molecule has 0 unspecified atom stereocenters. The summed E-state index contributed by atoms with van der Waals surface area (Å²) >= 11 is 0. The Bertz CT molecular complexity index is 1020. The zero-order chi connectivity index (χ0) is 21.8. The summed E-state index contributed by atoms with van der Waals surface area (Å²) < 4.78 is 12.6. The van der Waals surface area contributed by atoms with E-state index in [-0.39, 0.29) is 17.2 Å². The molecule has 2 heterocycles. The van der Waals surface area contributed by atoms with Gasteiger partial charge in [0.1, 0.15) is 12.4 Å². The SMILES string of the molecule is CC(=O)O[C@@H]1C=C2C=C3C(=C(C)C(=O)N3C)C[C@]2(C)[C@@H](C)[C@H]1OC(=O)n1ccnc1. The molecule has 8 nitrogen and oxygen atoms in total. The van der Waals surface area contributed by atoms with Crippen LogP contribution in [0.2, 0.25) is 0 Å². The molecule has 1 amide bonds. The summed E-state index contributed by atoms with van der Waals surface area (Å²) in [6.07, 6.45) is 6.86. The first-order valence-electron chi connectivity index (χ1n) is 9.92. The van der Waals surface area contributed by atoms with Gasteiger partial charge in [0, 0.05) is 49.0 Å². The molecule has 0 bridgehead atoms. The van der Waals surface area contributed by atoms with Crippen LogP contribution in [0.1, 0.15) is 34.1 Å². The van der Waals surface area contributed by atoms with Gasteiger partial charge >= 0.3 is 12.1 Å². The first-order chi connectivity index (χ1) is 14.1. The largest absolute Gasteiger partial charge is 0.454 e. The van der Waals surface area contributed by atoms with Crippen molar-refractivity contribution in [3.63, 3.8) is 0 Å². The van der Waals surface area contributed by atoms with Gasteiger partial charge in [-0.25, -0.2) is 14.3 Å². The summed E-state index contributed by atoms with van der Waals surface area (Å²) in [6, 6.07) is 0. The zero-order valence-corrected chi connectivity index (χ0v) is 17.7. The molecule has 0 fully saturated rings. The summed E-state index contributed by atoms with van der Waals surface area (Å²) in [5, 5.41) is 0. The van der Waals surface area contributed by atoms with Crippen molar-refractivity contribution in [3.05, 3.63) is 53.3 Å². The van der Waals surface area contributed by atoms with Gasteiger partial charge in [0.15, 0.2) is 6.10 Å². The molecular formula is C22H25N3O5. The Morgan fingerprint density at radius 1 is 1.30 bits per heavy atom. The van der Waals surface area contributed by atoms with Gasteiger partial charge in [-0.2, -0.15) is 0 Å². The molecule has 0 aromatic carbocycles. The van der Waals surface area contributed by atoms with E-state index in [0.717, 1.165) is 22.4 Å². The maximum atomic E-state index is 12.6. The number of allylic oxidation sites excluding steroid dienone is 3.